The molecule has 15 heavy (non-hydrogen) atoms. The normalized spacial score (nSPS) is 10.5. The highest BCUT2D eigenvalue weighted by molar-refractivity contribution is 5.47. The second-order valence-corrected chi connectivity index (χ2v) is 2.91. The molecule has 0 saturated heterocycles. The molecule has 0 spiro atoms. The Morgan fingerprint density at radius 1 is 1.20 bits per heavy atom. The fourth-order valence-corrected chi connectivity index (χ4v) is 1.32. The third-order valence-electron chi connectivity index (χ3n) is 2.10. The fraction of sp³-hybridized carbons (Fsp3) is 0.400. The molecule has 1 rings (SSSR count). The monoisotopic (exact) mass is 217 g/mol. The number of nitrogens with two attached hydrogens (primary N) is 1. The summed E-state index contributed by atoms with van der Waals surface area (Å²) in [6, 6.07) is 2.73. The van der Waals surface area contributed by atoms with Crippen LogP contribution in [0.1, 0.15) is 17.6 Å². The number of alkyl halides is 2. The van der Waals surface area contributed by atoms with Gasteiger partial charge in [0.2, 0.25) is 0 Å². The van der Waals surface area contributed by atoms with Crippen LogP contribution in [0, 0.1) is 0 Å². The molecule has 1 aromatic rings. The van der Waals surface area contributed by atoms with Crippen molar-refractivity contribution in [2.24, 2.45) is 5.73 Å². The van der Waals surface area contributed by atoms with Crippen molar-refractivity contribution in [3.05, 3.63) is 23.3 Å². The van der Waals surface area contributed by atoms with E-state index in [2.05, 4.69) is 0 Å². The van der Waals surface area contributed by atoms with E-state index in [1.807, 2.05) is 0 Å². The third kappa shape index (κ3) is 2.36. The molecule has 0 atom stereocenters. The molecule has 0 aromatic heterocycles. The molecule has 0 bridgehead atoms. The Labute approximate surface area is 86.8 Å². The summed E-state index contributed by atoms with van der Waals surface area (Å²) in [4.78, 5) is 0. The predicted molar refractivity (Wildman–Crippen MR) is 52.4 cm³/mol. The predicted octanol–water partition coefficient (Wildman–Crippen LogP) is 2.10. The van der Waals surface area contributed by atoms with Crippen molar-refractivity contribution < 1.29 is 18.3 Å². The summed E-state index contributed by atoms with van der Waals surface area (Å²) in [5, 5.41) is 0. The van der Waals surface area contributed by atoms with Gasteiger partial charge in [-0.15, -0.1) is 0 Å². The van der Waals surface area contributed by atoms with E-state index >= 15 is 0 Å². The Kier molecular flexibility index (Phi) is 3.85. The highest BCUT2D eigenvalue weighted by Gasteiger charge is 2.16. The maximum Gasteiger partial charge on any atom is 0.264 e. The van der Waals surface area contributed by atoms with Gasteiger partial charge in [-0.05, 0) is 17.7 Å². The quantitative estimate of drug-likeness (QED) is 0.839. The molecule has 0 radical (unpaired) electrons. The topological polar surface area (TPSA) is 44.5 Å². The minimum atomic E-state index is -2.57. The third-order valence-corrected chi connectivity index (χ3v) is 2.10. The first kappa shape index (κ1) is 11.7. The number of ether oxygens (including phenoxy) is 2. The molecule has 84 valence electrons. The van der Waals surface area contributed by atoms with Crippen LogP contribution in [-0.4, -0.2) is 14.2 Å². The number of rotatable bonds is 4. The van der Waals surface area contributed by atoms with Gasteiger partial charge in [-0.25, -0.2) is 8.78 Å². The lowest BCUT2D eigenvalue weighted by molar-refractivity contribution is 0.149. The highest BCUT2D eigenvalue weighted by Crippen LogP contribution is 2.34. The first-order chi connectivity index (χ1) is 7.13. The molecule has 0 aliphatic rings. The zero-order valence-electron chi connectivity index (χ0n) is 8.59. The molecule has 0 saturated carbocycles. The Hall–Kier alpha value is -1.36. The van der Waals surface area contributed by atoms with Crippen molar-refractivity contribution >= 4 is 0 Å². The molecule has 3 nitrogen and oxygen atoms in total. The smallest absolute Gasteiger partial charge is 0.264 e. The lowest BCUT2D eigenvalue weighted by Gasteiger charge is -2.13. The molecule has 5 heteroatoms. The Balaban J connectivity index is 3.27. The van der Waals surface area contributed by atoms with Crippen molar-refractivity contribution in [2.75, 3.05) is 14.2 Å². The summed E-state index contributed by atoms with van der Waals surface area (Å²) in [6.07, 6.45) is -2.57. The van der Waals surface area contributed by atoms with E-state index in [1.54, 1.807) is 0 Å². The van der Waals surface area contributed by atoms with Gasteiger partial charge in [-0.3, -0.25) is 0 Å². The zero-order chi connectivity index (χ0) is 11.4. The minimum Gasteiger partial charge on any atom is -0.493 e. The molecule has 0 aliphatic carbocycles. The first-order valence-electron chi connectivity index (χ1n) is 4.37. The van der Waals surface area contributed by atoms with Crippen LogP contribution >= 0.6 is 0 Å². The van der Waals surface area contributed by atoms with Crippen molar-refractivity contribution in [2.45, 2.75) is 13.0 Å². The average Bonchev–Trinajstić information content (AvgIpc) is 2.26. The van der Waals surface area contributed by atoms with Crippen molar-refractivity contribution in [1.82, 2.24) is 0 Å². The molecule has 2 N–H and O–H groups in total. The van der Waals surface area contributed by atoms with Crippen LogP contribution in [0.5, 0.6) is 11.5 Å². The van der Waals surface area contributed by atoms with Gasteiger partial charge in [0.05, 0.1) is 14.2 Å². The van der Waals surface area contributed by atoms with Gasteiger partial charge >= 0.3 is 0 Å². The van der Waals surface area contributed by atoms with Gasteiger partial charge in [0.25, 0.3) is 6.43 Å². The Bertz CT molecular complexity index is 342. The molecule has 0 amide bonds. The second kappa shape index (κ2) is 4.93. The average molecular weight is 217 g/mol. The Morgan fingerprint density at radius 3 is 2.13 bits per heavy atom. The van der Waals surface area contributed by atoms with Crippen LogP contribution in [0.3, 0.4) is 0 Å². The van der Waals surface area contributed by atoms with Gasteiger partial charge in [0, 0.05) is 12.1 Å². The van der Waals surface area contributed by atoms with E-state index in [-0.39, 0.29) is 17.9 Å². The summed E-state index contributed by atoms with van der Waals surface area (Å²) in [5.41, 5.74) is 5.62. The van der Waals surface area contributed by atoms with E-state index in [0.29, 0.717) is 11.3 Å². The van der Waals surface area contributed by atoms with Crippen molar-refractivity contribution in [3.8, 4) is 11.5 Å². The maximum atomic E-state index is 12.6. The van der Waals surface area contributed by atoms with Gasteiger partial charge in [-0.1, -0.05) is 0 Å². The maximum absolute atomic E-state index is 12.6. The van der Waals surface area contributed by atoms with Crippen LogP contribution in [-0.2, 0) is 6.54 Å². The largest absolute Gasteiger partial charge is 0.493 e. The van der Waals surface area contributed by atoms with Crippen LogP contribution in [0.15, 0.2) is 12.1 Å². The summed E-state index contributed by atoms with van der Waals surface area (Å²) >= 11 is 0. The van der Waals surface area contributed by atoms with Crippen molar-refractivity contribution in [3.63, 3.8) is 0 Å². The molecule has 0 unspecified atom stereocenters. The van der Waals surface area contributed by atoms with Crippen LogP contribution in [0.25, 0.3) is 0 Å². The summed E-state index contributed by atoms with van der Waals surface area (Å²) < 4.78 is 35.1. The number of halogens is 2. The van der Waals surface area contributed by atoms with Crippen LogP contribution < -0.4 is 15.2 Å². The number of methoxy groups -OCH3 is 2. The second-order valence-electron chi connectivity index (χ2n) is 2.91. The fourth-order valence-electron chi connectivity index (χ4n) is 1.32. The van der Waals surface area contributed by atoms with E-state index in [1.165, 1.54) is 26.4 Å². The van der Waals surface area contributed by atoms with Gasteiger partial charge in [0.1, 0.15) is 0 Å². The number of benzene rings is 1. The van der Waals surface area contributed by atoms with E-state index in [9.17, 15) is 8.78 Å². The van der Waals surface area contributed by atoms with Gasteiger partial charge in [0.15, 0.2) is 11.5 Å². The number of hydrogen-bond donors (Lipinski definition) is 1. The van der Waals surface area contributed by atoms with E-state index in [0.717, 1.165) is 0 Å². The first-order valence-corrected chi connectivity index (χ1v) is 4.37. The Morgan fingerprint density at radius 2 is 1.73 bits per heavy atom. The molecule has 0 aliphatic heterocycles. The number of hydrogen-bond acceptors (Lipinski definition) is 3. The summed E-state index contributed by atoms with van der Waals surface area (Å²) in [5.74, 6) is 0.687. The molecular formula is C10H13F2NO2. The molecule has 0 fully saturated rings. The minimum absolute atomic E-state index is 0.0417. The molecule has 0 heterocycles. The lowest BCUT2D eigenvalue weighted by Crippen LogP contribution is -2.04. The molecule has 1 aromatic carbocycles. The summed E-state index contributed by atoms with van der Waals surface area (Å²) in [6.45, 7) is 0.0417. The van der Waals surface area contributed by atoms with E-state index in [4.69, 9.17) is 15.2 Å². The van der Waals surface area contributed by atoms with E-state index < -0.39 is 6.43 Å². The summed E-state index contributed by atoms with van der Waals surface area (Å²) in [7, 11) is 2.84. The van der Waals surface area contributed by atoms with Crippen LogP contribution in [0.4, 0.5) is 8.78 Å². The standard InChI is InChI=1S/C10H13F2NO2/c1-14-8-3-6(5-13)7(10(11)12)4-9(8)15-2/h3-4,10H,5,13H2,1-2H3. The van der Waals surface area contributed by atoms with Gasteiger partial charge in [-0.2, -0.15) is 0 Å². The van der Waals surface area contributed by atoms with Crippen LogP contribution in [0.2, 0.25) is 0 Å². The zero-order valence-corrected chi connectivity index (χ0v) is 8.59. The SMILES string of the molecule is COc1cc(CN)c(C(F)F)cc1OC. The molecular weight excluding hydrogens is 204 g/mol. The highest BCUT2D eigenvalue weighted by atomic mass is 19.3. The van der Waals surface area contributed by atoms with Crippen molar-refractivity contribution in [1.29, 1.82) is 0 Å². The lowest BCUT2D eigenvalue weighted by atomic mass is 10.1. The van der Waals surface area contributed by atoms with Gasteiger partial charge < -0.3 is 15.2 Å².